The summed E-state index contributed by atoms with van der Waals surface area (Å²) in [6.45, 7) is 7.57. The van der Waals surface area contributed by atoms with Crippen LogP contribution in [0, 0.1) is 6.92 Å². The Labute approximate surface area is 112 Å². The second kappa shape index (κ2) is 5.10. The van der Waals surface area contributed by atoms with E-state index in [0.717, 1.165) is 0 Å². The molecule has 4 nitrogen and oxygen atoms in total. The number of nitrogen functional groups attached to an aromatic ring is 2. The van der Waals surface area contributed by atoms with Crippen LogP contribution in [0.4, 0.5) is 11.4 Å². The molecule has 0 spiro atoms. The quantitative estimate of drug-likeness (QED) is 0.651. The molecular weight excluding hydrogens is 240 g/mol. The van der Waals surface area contributed by atoms with Crippen LogP contribution >= 0.6 is 0 Å². The highest BCUT2D eigenvalue weighted by Crippen LogP contribution is 2.23. The lowest BCUT2D eigenvalue weighted by molar-refractivity contribution is -0.0569. The Morgan fingerprint density at radius 3 is 1.42 bits per heavy atom. The highest BCUT2D eigenvalue weighted by Gasteiger charge is 2.22. The Morgan fingerprint density at radius 1 is 0.789 bits per heavy atom. The highest BCUT2D eigenvalue weighted by atomic mass is 16.7. The molecule has 0 amide bonds. The lowest BCUT2D eigenvalue weighted by atomic mass is 10.3. The van der Waals surface area contributed by atoms with Crippen LogP contribution < -0.4 is 20.9 Å². The topological polar surface area (TPSA) is 70.5 Å². The summed E-state index contributed by atoms with van der Waals surface area (Å²) in [7, 11) is 0. The van der Waals surface area contributed by atoms with Gasteiger partial charge in [0, 0.05) is 18.3 Å². The first-order valence-corrected chi connectivity index (χ1v) is 5.83. The number of rotatable bonds is 4. The summed E-state index contributed by atoms with van der Waals surface area (Å²) in [5.74, 6) is -0.129. The van der Waals surface area contributed by atoms with Crippen LogP contribution in [0.2, 0.25) is 0 Å². The predicted octanol–water partition coefficient (Wildman–Crippen LogP) is 2.74. The monoisotopic (exact) mass is 256 g/mol. The summed E-state index contributed by atoms with van der Waals surface area (Å²) in [4.78, 5) is 0. The van der Waals surface area contributed by atoms with Gasteiger partial charge < -0.3 is 20.9 Å². The molecule has 0 saturated heterocycles. The Balaban J connectivity index is 2.05. The van der Waals surface area contributed by atoms with Gasteiger partial charge in [-0.15, -0.1) is 0 Å². The smallest absolute Gasteiger partial charge is 0.252 e. The average molecular weight is 256 g/mol. The Hall–Kier alpha value is -2.36. The van der Waals surface area contributed by atoms with Gasteiger partial charge in [-0.25, -0.2) is 0 Å². The van der Waals surface area contributed by atoms with Crippen molar-refractivity contribution in [2.24, 2.45) is 0 Å². The van der Waals surface area contributed by atoms with Crippen molar-refractivity contribution in [3.63, 3.8) is 0 Å². The molecule has 0 aromatic heterocycles. The third-order valence-corrected chi connectivity index (χ3v) is 2.40. The number of benzene rings is 2. The first kappa shape index (κ1) is 13.1. The van der Waals surface area contributed by atoms with Gasteiger partial charge in [-0.1, -0.05) is 0 Å². The van der Waals surface area contributed by atoms with E-state index >= 15 is 0 Å². The zero-order chi connectivity index (χ0) is 13.9. The number of anilines is 2. The molecule has 4 heteroatoms. The van der Waals surface area contributed by atoms with Gasteiger partial charge in [-0.2, -0.15) is 0 Å². The maximum Gasteiger partial charge on any atom is 0.252 e. The highest BCUT2D eigenvalue weighted by molar-refractivity contribution is 5.42. The first-order chi connectivity index (χ1) is 8.94. The first-order valence-electron chi connectivity index (χ1n) is 5.83. The van der Waals surface area contributed by atoms with Crippen LogP contribution in [0.5, 0.6) is 11.5 Å². The van der Waals surface area contributed by atoms with Crippen LogP contribution in [0.1, 0.15) is 6.92 Å². The van der Waals surface area contributed by atoms with Crippen LogP contribution in [0.3, 0.4) is 0 Å². The molecule has 0 heterocycles. The molecule has 19 heavy (non-hydrogen) atoms. The molecule has 98 valence electrons. The van der Waals surface area contributed by atoms with Crippen LogP contribution in [0.25, 0.3) is 0 Å². The van der Waals surface area contributed by atoms with Crippen molar-refractivity contribution in [1.29, 1.82) is 0 Å². The molecule has 0 aliphatic heterocycles. The zero-order valence-corrected chi connectivity index (χ0v) is 10.7. The van der Waals surface area contributed by atoms with E-state index in [4.69, 9.17) is 27.9 Å². The summed E-state index contributed by atoms with van der Waals surface area (Å²) in [5, 5.41) is 0. The van der Waals surface area contributed by atoms with Crippen molar-refractivity contribution in [2.45, 2.75) is 12.7 Å². The number of hydrogen-bond donors (Lipinski definition) is 2. The molecule has 0 unspecified atom stereocenters. The summed E-state index contributed by atoms with van der Waals surface area (Å²) >= 11 is 0. The van der Waals surface area contributed by atoms with Gasteiger partial charge in [-0.3, -0.25) is 0 Å². The second-order valence-electron chi connectivity index (χ2n) is 4.36. The number of hydrogen-bond acceptors (Lipinski definition) is 4. The van der Waals surface area contributed by atoms with E-state index in [9.17, 15) is 0 Å². The molecule has 0 aliphatic rings. The molecule has 2 aromatic rings. The van der Waals surface area contributed by atoms with E-state index in [1.165, 1.54) is 0 Å². The molecule has 0 aliphatic carbocycles. The predicted molar refractivity (Wildman–Crippen MR) is 75.7 cm³/mol. The second-order valence-corrected chi connectivity index (χ2v) is 4.36. The van der Waals surface area contributed by atoms with Crippen molar-refractivity contribution in [2.75, 3.05) is 11.5 Å². The van der Waals surface area contributed by atoms with E-state index in [-0.39, 0.29) is 0 Å². The molecular formula is C15H16N2O2. The molecule has 4 N–H and O–H groups in total. The largest absolute Gasteiger partial charge is 0.452 e. The summed E-state index contributed by atoms with van der Waals surface area (Å²) < 4.78 is 11.1. The molecule has 0 fully saturated rings. The average Bonchev–Trinajstić information content (AvgIpc) is 2.34. The van der Waals surface area contributed by atoms with Gasteiger partial charge in [0.25, 0.3) is 5.79 Å². The van der Waals surface area contributed by atoms with Crippen LogP contribution in [-0.4, -0.2) is 5.79 Å². The van der Waals surface area contributed by atoms with Gasteiger partial charge in [0.15, 0.2) is 0 Å². The van der Waals surface area contributed by atoms with Gasteiger partial charge in [0.2, 0.25) is 0 Å². The Kier molecular flexibility index (Phi) is 3.51. The summed E-state index contributed by atoms with van der Waals surface area (Å²) in [6.07, 6.45) is 0. The maximum absolute atomic E-state index is 5.95. The lowest BCUT2D eigenvalue weighted by Gasteiger charge is -2.27. The van der Waals surface area contributed by atoms with Gasteiger partial charge in [0.05, 0.1) is 6.92 Å². The molecule has 0 saturated carbocycles. The van der Waals surface area contributed by atoms with Gasteiger partial charge >= 0.3 is 0 Å². The van der Waals surface area contributed by atoms with E-state index < -0.39 is 5.79 Å². The van der Waals surface area contributed by atoms with E-state index in [2.05, 4.69) is 0 Å². The van der Waals surface area contributed by atoms with Crippen LogP contribution in [0.15, 0.2) is 48.5 Å². The Morgan fingerprint density at radius 2 is 1.11 bits per heavy atom. The molecule has 0 bridgehead atoms. The minimum atomic E-state index is -1.29. The fourth-order valence-electron chi connectivity index (χ4n) is 1.56. The van der Waals surface area contributed by atoms with E-state index in [1.807, 2.05) is 0 Å². The molecule has 2 aromatic carbocycles. The summed E-state index contributed by atoms with van der Waals surface area (Å²) in [5.41, 5.74) is 12.5. The van der Waals surface area contributed by atoms with E-state index in [1.54, 1.807) is 55.5 Å². The number of nitrogens with two attached hydrogens (primary N) is 2. The van der Waals surface area contributed by atoms with Crippen molar-refractivity contribution < 1.29 is 9.47 Å². The van der Waals surface area contributed by atoms with Crippen molar-refractivity contribution in [3.05, 3.63) is 55.5 Å². The fraction of sp³-hybridized carbons (Fsp3) is 0.133. The third-order valence-electron chi connectivity index (χ3n) is 2.40. The van der Waals surface area contributed by atoms with Crippen LogP contribution in [-0.2, 0) is 0 Å². The van der Waals surface area contributed by atoms with Gasteiger partial charge in [-0.05, 0) is 48.5 Å². The normalized spacial score (nSPS) is 11.1. The lowest BCUT2D eigenvalue weighted by Crippen LogP contribution is -2.35. The summed E-state index contributed by atoms with van der Waals surface area (Å²) in [6, 6.07) is 13.8. The van der Waals surface area contributed by atoms with Crippen molar-refractivity contribution in [3.8, 4) is 11.5 Å². The maximum atomic E-state index is 5.95. The SMILES string of the molecule is [CH]C(C)(Oc1ccc(N)cc1)Oc1ccc(N)cc1. The minimum Gasteiger partial charge on any atom is -0.452 e. The van der Waals surface area contributed by atoms with Crippen molar-refractivity contribution >= 4 is 11.4 Å². The van der Waals surface area contributed by atoms with Crippen molar-refractivity contribution in [1.82, 2.24) is 0 Å². The zero-order valence-electron chi connectivity index (χ0n) is 10.7. The van der Waals surface area contributed by atoms with Gasteiger partial charge in [0.1, 0.15) is 11.5 Å². The number of ether oxygens (including phenoxy) is 2. The fourth-order valence-corrected chi connectivity index (χ4v) is 1.56. The van der Waals surface area contributed by atoms with E-state index in [0.29, 0.717) is 22.9 Å². The third kappa shape index (κ3) is 3.81. The Bertz CT molecular complexity index is 484. The molecule has 2 rings (SSSR count). The standard InChI is InChI=1S/C15H16N2O2/c1-15(2,18-13-7-3-11(16)4-8-13)19-14-9-5-12(17)6-10-14/h1,3-10H,16-17H2,2H3. The minimum absolute atomic E-state index is 0.578. The molecule has 0 atom stereocenters. The molecule has 2 radical (unpaired) electrons.